The van der Waals surface area contributed by atoms with Gasteiger partial charge in [0, 0.05) is 26.5 Å². The van der Waals surface area contributed by atoms with Gasteiger partial charge in [-0.25, -0.2) is 9.97 Å². The van der Waals surface area contributed by atoms with Crippen molar-refractivity contribution in [3.05, 3.63) is 69.5 Å². The van der Waals surface area contributed by atoms with Crippen LogP contribution in [0, 0.1) is 12.8 Å². The van der Waals surface area contributed by atoms with Crippen molar-refractivity contribution in [2.45, 2.75) is 44.0 Å². The normalized spacial score (nSPS) is 20.3. The first-order valence-electron chi connectivity index (χ1n) is 14.8. The number of rotatable bonds is 8. The molecule has 1 aliphatic carbocycles. The number of pyridine rings is 2. The number of carbonyl (C=O) groups excluding carboxylic acids is 2. The molecule has 0 unspecified atom stereocenters. The molecule has 0 radical (unpaired) electrons. The fourth-order valence-electron chi connectivity index (χ4n) is 6.03. The van der Waals surface area contributed by atoms with Gasteiger partial charge in [-0.1, -0.05) is 0 Å². The van der Waals surface area contributed by atoms with Crippen LogP contribution >= 0.6 is 15.9 Å². The summed E-state index contributed by atoms with van der Waals surface area (Å²) in [6.45, 7) is 3.16. The summed E-state index contributed by atoms with van der Waals surface area (Å²) in [6, 6.07) is 10.8. The molecule has 0 bridgehead atoms. The zero-order valence-corrected chi connectivity index (χ0v) is 27.0. The molecule has 1 fully saturated rings. The number of aryl methyl sites for hydroxylation is 1. The minimum atomic E-state index is -3.83. The van der Waals surface area contributed by atoms with Crippen LogP contribution in [0.25, 0.3) is 22.2 Å². The molecule has 4 aromatic rings. The van der Waals surface area contributed by atoms with Gasteiger partial charge in [-0.05, 0) is 91.0 Å². The number of fused-ring (bicyclic) bond motifs is 3. The summed E-state index contributed by atoms with van der Waals surface area (Å²) >= 11 is 3.48. The number of nitrogens with two attached hydrogens (primary N) is 1. The van der Waals surface area contributed by atoms with Crippen LogP contribution in [-0.4, -0.2) is 53.4 Å². The van der Waals surface area contributed by atoms with E-state index in [1.807, 2.05) is 13.0 Å². The van der Waals surface area contributed by atoms with E-state index in [2.05, 4.69) is 35.7 Å². The highest BCUT2D eigenvalue weighted by molar-refractivity contribution is 9.10. The molecule has 0 spiro atoms. The zero-order valence-electron chi connectivity index (χ0n) is 25.4. The van der Waals surface area contributed by atoms with Gasteiger partial charge in [-0.15, -0.1) is 8.78 Å². The van der Waals surface area contributed by atoms with E-state index in [4.69, 9.17) is 20.2 Å². The number of ether oxygens (including phenoxy) is 4. The molecule has 47 heavy (non-hydrogen) atoms. The van der Waals surface area contributed by atoms with Gasteiger partial charge in [-0.3, -0.25) is 9.59 Å². The molecule has 4 N–H and O–H groups in total. The molecule has 0 saturated heterocycles. The Kier molecular flexibility index (Phi) is 7.10. The maximum Gasteiger partial charge on any atom is 0.586 e. The number of aliphatic hydroxyl groups is 1. The molecule has 4 heterocycles. The highest BCUT2D eigenvalue weighted by atomic mass is 79.9. The molecular formula is C33H29BrF2N4O7. The largest absolute Gasteiger partial charge is 0.586 e. The Morgan fingerprint density at radius 3 is 2.60 bits per heavy atom. The topological polar surface area (TPSA) is 155 Å². The molecule has 2 aliphatic heterocycles. The summed E-state index contributed by atoms with van der Waals surface area (Å²) in [5.74, 6) is -1.13. The van der Waals surface area contributed by atoms with E-state index in [1.54, 1.807) is 25.1 Å². The molecule has 2 atom stereocenters. The van der Waals surface area contributed by atoms with Crippen LogP contribution < -0.4 is 30.0 Å². The van der Waals surface area contributed by atoms with Gasteiger partial charge in [-0.2, -0.15) is 0 Å². The van der Waals surface area contributed by atoms with Crippen molar-refractivity contribution in [1.29, 1.82) is 0 Å². The van der Waals surface area contributed by atoms with Crippen LogP contribution in [0.15, 0.2) is 46.9 Å². The standard InChI is InChI=1S/C33H29BrF2N4O7/c1-15-21(34)9-17-8-18(11-24(44-3)26(17)39-15)29(41)38-13-32(43,19-5-6-19)25-12-20-28(45-14-31(20,2)30(37)42)27(40-25)16-4-7-22-23(10-16)47-33(35,36)46-22/h4,7-12,19,43H,5-6,13-14H2,1-3H3,(H2,37,42)(H,38,41)/t31-,32+/m0/s1. The number of benzene rings is 2. The van der Waals surface area contributed by atoms with Crippen molar-refractivity contribution in [1.82, 2.24) is 15.3 Å². The number of primary amides is 1. The highest BCUT2D eigenvalue weighted by Crippen LogP contribution is 2.51. The molecular weight excluding hydrogens is 682 g/mol. The number of nitrogens with one attached hydrogen (secondary N) is 1. The Labute approximate surface area is 275 Å². The molecule has 2 aromatic heterocycles. The van der Waals surface area contributed by atoms with Crippen molar-refractivity contribution < 1.29 is 42.4 Å². The molecule has 11 nitrogen and oxygen atoms in total. The van der Waals surface area contributed by atoms with E-state index < -0.39 is 29.1 Å². The van der Waals surface area contributed by atoms with Gasteiger partial charge in [0.2, 0.25) is 5.91 Å². The van der Waals surface area contributed by atoms with Gasteiger partial charge in [0.15, 0.2) is 11.5 Å². The quantitative estimate of drug-likeness (QED) is 0.233. The first-order valence-corrected chi connectivity index (χ1v) is 15.6. The molecule has 2 amide bonds. The molecule has 1 saturated carbocycles. The minimum absolute atomic E-state index is 0.0920. The van der Waals surface area contributed by atoms with E-state index in [9.17, 15) is 23.5 Å². The van der Waals surface area contributed by atoms with Crippen molar-refractivity contribution >= 4 is 38.6 Å². The molecule has 244 valence electrons. The predicted molar refractivity (Wildman–Crippen MR) is 168 cm³/mol. The smallest absolute Gasteiger partial charge is 0.494 e. The monoisotopic (exact) mass is 710 g/mol. The van der Waals surface area contributed by atoms with Gasteiger partial charge in [0.05, 0.1) is 25.0 Å². The predicted octanol–water partition coefficient (Wildman–Crippen LogP) is 4.86. The van der Waals surface area contributed by atoms with E-state index in [0.717, 1.165) is 10.2 Å². The van der Waals surface area contributed by atoms with Crippen molar-refractivity contribution in [2.75, 3.05) is 20.3 Å². The maximum absolute atomic E-state index is 13.8. The maximum atomic E-state index is 13.8. The molecule has 14 heteroatoms. The van der Waals surface area contributed by atoms with Gasteiger partial charge >= 0.3 is 6.29 Å². The van der Waals surface area contributed by atoms with E-state index in [-0.39, 0.29) is 47.7 Å². The number of carbonyl (C=O) groups is 2. The summed E-state index contributed by atoms with van der Waals surface area (Å²) in [5, 5.41) is 15.8. The second kappa shape index (κ2) is 10.7. The lowest BCUT2D eigenvalue weighted by Gasteiger charge is -2.30. The van der Waals surface area contributed by atoms with Crippen LogP contribution in [0.2, 0.25) is 0 Å². The Morgan fingerprint density at radius 2 is 1.89 bits per heavy atom. The van der Waals surface area contributed by atoms with Crippen LogP contribution in [0.5, 0.6) is 23.0 Å². The minimum Gasteiger partial charge on any atom is -0.494 e. The fourth-order valence-corrected chi connectivity index (χ4v) is 6.37. The number of amides is 2. The van der Waals surface area contributed by atoms with Crippen LogP contribution in [-0.2, 0) is 15.8 Å². The SMILES string of the molecule is COc1cc(C(=O)NC[C@](O)(c2cc3c(c(-c4ccc5c(c4)OC(F)(F)O5)n2)OC[C@]3(C)C(N)=O)C2CC2)cc2cc(Br)c(C)nc12. The van der Waals surface area contributed by atoms with Crippen molar-refractivity contribution in [3.8, 4) is 34.3 Å². The Balaban J connectivity index is 1.28. The fraction of sp³-hybridized carbons (Fsp3) is 0.333. The number of aromatic nitrogens is 2. The summed E-state index contributed by atoms with van der Waals surface area (Å²) < 4.78 is 49.0. The first kappa shape index (κ1) is 31.1. The van der Waals surface area contributed by atoms with Gasteiger partial charge < -0.3 is 35.1 Å². The van der Waals surface area contributed by atoms with Gasteiger partial charge in [0.1, 0.15) is 40.3 Å². The summed E-state index contributed by atoms with van der Waals surface area (Å²) in [5.41, 5.74) is 5.56. The number of halogens is 3. The summed E-state index contributed by atoms with van der Waals surface area (Å²) in [6.07, 6.45) is -2.51. The van der Waals surface area contributed by atoms with Crippen LogP contribution in [0.3, 0.4) is 0 Å². The van der Waals surface area contributed by atoms with Crippen molar-refractivity contribution in [2.24, 2.45) is 11.7 Å². The zero-order chi connectivity index (χ0) is 33.5. The van der Waals surface area contributed by atoms with E-state index in [1.165, 1.54) is 25.3 Å². The number of methoxy groups -OCH3 is 1. The van der Waals surface area contributed by atoms with Crippen LogP contribution in [0.4, 0.5) is 8.78 Å². The lowest BCUT2D eigenvalue weighted by Crippen LogP contribution is -2.44. The third-order valence-electron chi connectivity index (χ3n) is 9.00. The Bertz CT molecular complexity index is 2010. The summed E-state index contributed by atoms with van der Waals surface area (Å²) in [7, 11) is 1.49. The van der Waals surface area contributed by atoms with E-state index >= 15 is 0 Å². The molecule has 2 aromatic carbocycles. The molecule has 3 aliphatic rings. The van der Waals surface area contributed by atoms with Gasteiger partial charge in [0.25, 0.3) is 5.91 Å². The Morgan fingerprint density at radius 1 is 1.15 bits per heavy atom. The third-order valence-corrected chi connectivity index (χ3v) is 9.80. The third kappa shape index (κ3) is 5.19. The number of nitrogens with zero attached hydrogens (tertiary/aromatic N) is 2. The lowest BCUT2D eigenvalue weighted by molar-refractivity contribution is -0.286. The second-order valence-corrected chi connectivity index (χ2v) is 13.1. The van der Waals surface area contributed by atoms with E-state index in [0.29, 0.717) is 46.2 Å². The molecule has 7 rings (SSSR count). The number of alkyl halides is 2. The second-order valence-electron chi connectivity index (χ2n) is 12.2. The van der Waals surface area contributed by atoms with Crippen molar-refractivity contribution in [3.63, 3.8) is 0 Å². The first-order chi connectivity index (χ1) is 22.2. The Hall–Kier alpha value is -4.56. The lowest BCUT2D eigenvalue weighted by atomic mass is 9.81. The number of hydrogen-bond acceptors (Lipinski definition) is 9. The van der Waals surface area contributed by atoms with Crippen LogP contribution in [0.1, 0.15) is 47.1 Å². The summed E-state index contributed by atoms with van der Waals surface area (Å²) in [4.78, 5) is 35.6. The number of hydrogen-bond donors (Lipinski definition) is 3. The average Bonchev–Trinajstić information content (AvgIpc) is 3.77. The average molecular weight is 712 g/mol. The highest BCUT2D eigenvalue weighted by Gasteiger charge is 2.50.